The van der Waals surface area contributed by atoms with Crippen LogP contribution in [0.2, 0.25) is 0 Å². The Hall–Kier alpha value is -7.46. The van der Waals surface area contributed by atoms with E-state index in [9.17, 15) is 0 Å². The maximum Gasteiger partial charge on any atom is 0.453 e. The van der Waals surface area contributed by atoms with Crippen molar-refractivity contribution in [2.75, 3.05) is 6.16 Å². The van der Waals surface area contributed by atoms with Crippen molar-refractivity contribution in [3.63, 3.8) is 0 Å². The quantitative estimate of drug-likeness (QED) is 0.155. The van der Waals surface area contributed by atoms with Crippen LogP contribution < -0.4 is 13.6 Å². The highest BCUT2D eigenvalue weighted by Crippen LogP contribution is 2.57. The van der Waals surface area contributed by atoms with Gasteiger partial charge in [-0.15, -0.1) is 0 Å². The van der Waals surface area contributed by atoms with Crippen LogP contribution in [0.4, 0.5) is 0 Å². The zero-order valence-electron chi connectivity index (χ0n) is 37.0. The third-order valence-corrected chi connectivity index (χ3v) is 17.3. The zero-order chi connectivity index (χ0) is 45.4. The topological polar surface area (TPSA) is 54.0 Å². The van der Waals surface area contributed by atoms with Gasteiger partial charge in [0.05, 0.1) is 16.0 Å². The first-order valence-corrected chi connectivity index (χ1v) is 26.5. The smallest absolute Gasteiger partial charge is 0.438 e. The number of benzene rings is 10. The normalized spacial score (nSPS) is 16.4. The number of fused-ring (bicyclic) bond motifs is 15. The predicted molar refractivity (Wildman–Crippen MR) is 288 cm³/mol. The molecule has 2 aliphatic carbocycles. The fraction of sp³-hybridized carbons (Fsp3) is 0.0492. The molecule has 2 heterocycles. The number of hydrogen-bond donors (Lipinski definition) is 0. The van der Waals surface area contributed by atoms with Gasteiger partial charge in [0, 0.05) is 22.3 Å². The van der Waals surface area contributed by atoms with Crippen molar-refractivity contribution in [3.8, 4) is 17.2 Å². The second kappa shape index (κ2) is 16.6. The average molecular weight is 947 g/mol. The van der Waals surface area contributed by atoms with Gasteiger partial charge in [-0.3, -0.25) is 0 Å². The van der Waals surface area contributed by atoms with Crippen LogP contribution in [0.5, 0.6) is 17.2 Å². The molecule has 14 rings (SSSR count). The van der Waals surface area contributed by atoms with E-state index in [2.05, 4.69) is 194 Å². The lowest BCUT2D eigenvalue weighted by molar-refractivity contribution is 0.488. The van der Waals surface area contributed by atoms with E-state index in [1.54, 1.807) is 11.8 Å². The highest BCUT2D eigenvalue weighted by Gasteiger charge is 2.34. The van der Waals surface area contributed by atoms with Crippen LogP contribution in [0.15, 0.2) is 242 Å². The van der Waals surface area contributed by atoms with Crippen molar-refractivity contribution >= 4 is 110 Å². The fourth-order valence-corrected chi connectivity index (χ4v) is 14.3. The number of hydrogen-bond acceptors (Lipinski definition) is 6. The van der Waals surface area contributed by atoms with Crippen LogP contribution >= 0.6 is 28.4 Å². The zero-order valence-corrected chi connectivity index (χ0v) is 39.6. The van der Waals surface area contributed by atoms with Gasteiger partial charge >= 0.3 is 8.24 Å². The lowest BCUT2D eigenvalue weighted by Crippen LogP contribution is -2.11. The van der Waals surface area contributed by atoms with E-state index in [1.165, 1.54) is 27.5 Å². The molecule has 0 amide bonds. The molecular formula is C61H40O5P2S. The van der Waals surface area contributed by atoms with Crippen molar-refractivity contribution in [1.82, 2.24) is 0 Å². The van der Waals surface area contributed by atoms with Gasteiger partial charge in [0.15, 0.2) is 5.75 Å². The van der Waals surface area contributed by atoms with Crippen LogP contribution in [0.1, 0.15) is 12.0 Å². The van der Waals surface area contributed by atoms with Crippen molar-refractivity contribution in [3.05, 3.63) is 229 Å². The Labute approximate surface area is 404 Å². The first-order chi connectivity index (χ1) is 34.2. The molecule has 8 heteroatoms. The molecule has 330 valence electrons. The van der Waals surface area contributed by atoms with Crippen molar-refractivity contribution in [1.29, 1.82) is 0 Å². The summed E-state index contributed by atoms with van der Waals surface area (Å²) in [5.74, 6) is 2.58. The third-order valence-electron chi connectivity index (χ3n) is 13.6. The third kappa shape index (κ3) is 6.97. The largest absolute Gasteiger partial charge is 0.453 e. The fourth-order valence-electron chi connectivity index (χ4n) is 10.4. The van der Waals surface area contributed by atoms with Gasteiger partial charge in [-0.2, -0.15) is 0 Å². The van der Waals surface area contributed by atoms with E-state index in [0.29, 0.717) is 29.0 Å². The Kier molecular flexibility index (Phi) is 9.79. The summed E-state index contributed by atoms with van der Waals surface area (Å²) in [6, 6.07) is 63.5. The lowest BCUT2D eigenvalue weighted by Gasteiger charge is -2.27. The molecule has 2 atom stereocenters. The van der Waals surface area contributed by atoms with Gasteiger partial charge in [0.2, 0.25) is 0 Å². The Morgan fingerprint density at radius 1 is 0.507 bits per heavy atom. The second-order valence-electron chi connectivity index (χ2n) is 17.6. The molecule has 0 N–H and O–H groups in total. The molecule has 11 aromatic rings. The SMILES string of the molecule is C1=CCC2C=CC3=C(C2=C1)c1c(ccc2ccccc12)OP(Oc1ccc2ccccc2c1Sc1c(Op2oc4ccc5ccccc5c4c4c(ccc5ccccc54)o2)ccc2ccccc12)C3. The predicted octanol–water partition coefficient (Wildman–Crippen LogP) is 18.7. The minimum absolute atomic E-state index is 0.325. The molecule has 2 unspecified atom stereocenters. The Bertz CT molecular complexity index is 4030. The van der Waals surface area contributed by atoms with E-state index in [1.807, 2.05) is 18.2 Å². The Morgan fingerprint density at radius 3 is 1.64 bits per heavy atom. The Morgan fingerprint density at radius 2 is 1.01 bits per heavy atom. The van der Waals surface area contributed by atoms with Gasteiger partial charge in [0.25, 0.3) is 8.38 Å². The van der Waals surface area contributed by atoms with E-state index in [0.717, 1.165) is 87.1 Å². The van der Waals surface area contributed by atoms with Gasteiger partial charge in [-0.1, -0.05) is 194 Å². The van der Waals surface area contributed by atoms with Crippen molar-refractivity contribution in [2.45, 2.75) is 16.2 Å². The van der Waals surface area contributed by atoms with Crippen LogP contribution in [0.25, 0.3) is 81.4 Å². The standard InChI is InChI=1S/C61H40O5P2S/c1-7-19-45-38(13-1)25-26-44-37-67(62-51-32-27-39-14-2-8-20-46(39)57(51)56(44)45)63-54-35-30-42-17-5-11-23-49(42)60(54)69-61-50-24-12-6-18-43(50)31-36-55(61)66-68-64-52-33-28-40-15-3-9-21-47(40)58(52)59-48-22-10-4-16-41(48)29-34-53(59)65-68/h1-12,14-36,38H,13,37H2. The summed E-state index contributed by atoms with van der Waals surface area (Å²) in [5.41, 5.74) is 6.43. The monoisotopic (exact) mass is 946 g/mol. The molecule has 0 radical (unpaired) electrons. The van der Waals surface area contributed by atoms with Crippen LogP contribution in [-0.4, -0.2) is 6.16 Å². The van der Waals surface area contributed by atoms with Crippen LogP contribution in [-0.2, 0) is 0 Å². The minimum atomic E-state index is -2.00. The molecule has 0 fully saturated rings. The van der Waals surface area contributed by atoms with Crippen molar-refractivity contribution in [2.24, 2.45) is 5.92 Å². The summed E-state index contributed by atoms with van der Waals surface area (Å²) in [6.45, 7) is 0. The van der Waals surface area contributed by atoms with Crippen molar-refractivity contribution < 1.29 is 22.0 Å². The first kappa shape index (κ1) is 40.6. The Balaban J connectivity index is 0.916. The lowest BCUT2D eigenvalue weighted by atomic mass is 9.77. The van der Waals surface area contributed by atoms with Crippen LogP contribution in [0, 0.1) is 5.92 Å². The summed E-state index contributed by atoms with van der Waals surface area (Å²) in [4.78, 5) is 1.90. The maximum atomic E-state index is 7.30. The number of allylic oxidation sites excluding steroid dienone is 8. The molecule has 1 aromatic heterocycles. The molecule has 5 nitrogen and oxygen atoms in total. The molecule has 1 aliphatic heterocycles. The average Bonchev–Trinajstić information content (AvgIpc) is 3.67. The second-order valence-corrected chi connectivity index (χ2v) is 21.0. The van der Waals surface area contributed by atoms with E-state index in [4.69, 9.17) is 22.0 Å². The summed E-state index contributed by atoms with van der Waals surface area (Å²) in [7, 11) is -3.50. The summed E-state index contributed by atoms with van der Waals surface area (Å²) in [5, 5.41) is 13.1. The van der Waals surface area contributed by atoms with E-state index < -0.39 is 16.6 Å². The summed E-state index contributed by atoms with van der Waals surface area (Å²) in [6.07, 6.45) is 13.1. The molecule has 0 spiro atoms. The highest BCUT2D eigenvalue weighted by molar-refractivity contribution is 8.00. The highest BCUT2D eigenvalue weighted by atomic mass is 32.2. The molecule has 0 saturated carbocycles. The molecule has 0 saturated heterocycles. The van der Waals surface area contributed by atoms with Gasteiger partial charge in [0.1, 0.15) is 22.7 Å². The van der Waals surface area contributed by atoms with E-state index in [-0.39, 0.29) is 0 Å². The molecule has 0 bridgehead atoms. The molecule has 69 heavy (non-hydrogen) atoms. The molecule has 3 aliphatic rings. The van der Waals surface area contributed by atoms with E-state index >= 15 is 0 Å². The van der Waals surface area contributed by atoms with Gasteiger partial charge in [-0.05, 0) is 107 Å². The van der Waals surface area contributed by atoms with Gasteiger partial charge < -0.3 is 22.0 Å². The van der Waals surface area contributed by atoms with Gasteiger partial charge in [-0.25, -0.2) is 0 Å². The minimum Gasteiger partial charge on any atom is -0.438 e. The summed E-state index contributed by atoms with van der Waals surface area (Å²) < 4.78 is 35.3. The number of rotatable bonds is 6. The van der Waals surface area contributed by atoms with Crippen LogP contribution in [0.3, 0.4) is 0 Å². The molecule has 10 aromatic carbocycles. The first-order valence-electron chi connectivity index (χ1n) is 23.2. The molecular weight excluding hydrogens is 907 g/mol. The maximum absolute atomic E-state index is 7.30. The summed E-state index contributed by atoms with van der Waals surface area (Å²) >= 11 is 1.65.